The van der Waals surface area contributed by atoms with E-state index in [1.165, 1.54) is 21.4 Å². The largest absolute Gasteiger partial charge is 0.480 e. The highest BCUT2D eigenvalue weighted by atomic mass is 19.1. The number of rotatable bonds is 2. The zero-order chi connectivity index (χ0) is 16.3. The molecule has 0 bridgehead atoms. The molecule has 2 aromatic heterocycles. The molecule has 3 aromatic rings. The average molecular weight is 312 g/mol. The molecule has 0 unspecified atom stereocenters. The normalized spacial score (nSPS) is 12.5. The molecular formula is C16H9FN2O4. The Balaban J connectivity index is 2.23. The third-order valence-electron chi connectivity index (χ3n) is 3.95. The molecule has 4 rings (SSSR count). The molecule has 0 atom stereocenters. The number of hydrogen-bond donors (Lipinski definition) is 1. The molecule has 23 heavy (non-hydrogen) atoms. The van der Waals surface area contributed by atoms with Crippen LogP contribution in [0.3, 0.4) is 0 Å². The molecule has 3 heterocycles. The Morgan fingerprint density at radius 3 is 2.74 bits per heavy atom. The molecule has 0 fully saturated rings. The SMILES string of the molecule is O=C(O)Cn1c2c(c(=O)c3cc(F)ccc31)C(=O)n1cccc1-2. The maximum atomic E-state index is 13.5. The van der Waals surface area contributed by atoms with Gasteiger partial charge in [-0.1, -0.05) is 0 Å². The van der Waals surface area contributed by atoms with E-state index in [-0.39, 0.29) is 22.2 Å². The van der Waals surface area contributed by atoms with Gasteiger partial charge < -0.3 is 9.67 Å². The van der Waals surface area contributed by atoms with Gasteiger partial charge >= 0.3 is 5.97 Å². The zero-order valence-electron chi connectivity index (χ0n) is 11.6. The van der Waals surface area contributed by atoms with E-state index in [9.17, 15) is 23.9 Å². The first-order valence-electron chi connectivity index (χ1n) is 6.79. The molecule has 0 radical (unpaired) electrons. The Morgan fingerprint density at radius 1 is 1.22 bits per heavy atom. The van der Waals surface area contributed by atoms with Gasteiger partial charge in [-0.15, -0.1) is 0 Å². The number of aliphatic carboxylic acids is 1. The lowest BCUT2D eigenvalue weighted by Crippen LogP contribution is -2.22. The van der Waals surface area contributed by atoms with Crippen molar-refractivity contribution in [3.63, 3.8) is 0 Å². The predicted molar refractivity (Wildman–Crippen MR) is 79.0 cm³/mol. The van der Waals surface area contributed by atoms with Crippen molar-refractivity contribution in [1.82, 2.24) is 9.13 Å². The van der Waals surface area contributed by atoms with Crippen molar-refractivity contribution < 1.29 is 19.1 Å². The van der Waals surface area contributed by atoms with E-state index in [1.807, 2.05) is 0 Å². The summed E-state index contributed by atoms with van der Waals surface area (Å²) in [4.78, 5) is 36.3. The molecular weight excluding hydrogens is 303 g/mol. The Hall–Kier alpha value is -3.22. The first kappa shape index (κ1) is 13.4. The first-order valence-corrected chi connectivity index (χ1v) is 6.79. The van der Waals surface area contributed by atoms with Gasteiger partial charge in [0.15, 0.2) is 0 Å². The highest BCUT2D eigenvalue weighted by molar-refractivity contribution is 6.10. The van der Waals surface area contributed by atoms with Gasteiger partial charge in [0.2, 0.25) is 5.43 Å². The van der Waals surface area contributed by atoms with Crippen LogP contribution >= 0.6 is 0 Å². The number of carboxylic acid groups (broad SMARTS) is 1. The Labute approximate surface area is 128 Å². The lowest BCUT2D eigenvalue weighted by molar-refractivity contribution is -0.137. The minimum absolute atomic E-state index is 0.0101. The fourth-order valence-corrected chi connectivity index (χ4v) is 3.06. The number of aromatic nitrogens is 2. The van der Waals surface area contributed by atoms with Crippen LogP contribution in [-0.4, -0.2) is 26.1 Å². The van der Waals surface area contributed by atoms with Crippen LogP contribution in [-0.2, 0) is 11.3 Å². The van der Waals surface area contributed by atoms with Crippen LogP contribution in [0.1, 0.15) is 10.4 Å². The van der Waals surface area contributed by atoms with Gasteiger partial charge in [-0.25, -0.2) is 4.39 Å². The second-order valence-corrected chi connectivity index (χ2v) is 5.26. The van der Waals surface area contributed by atoms with Crippen molar-refractivity contribution in [2.24, 2.45) is 0 Å². The number of hydrogen-bond acceptors (Lipinski definition) is 3. The van der Waals surface area contributed by atoms with E-state index in [0.29, 0.717) is 5.69 Å². The van der Waals surface area contributed by atoms with Gasteiger partial charge in [0.1, 0.15) is 17.9 Å². The van der Waals surface area contributed by atoms with Crippen molar-refractivity contribution in [3.8, 4) is 11.4 Å². The maximum absolute atomic E-state index is 13.5. The van der Waals surface area contributed by atoms with Crippen LogP contribution in [0.25, 0.3) is 22.3 Å². The molecule has 0 saturated heterocycles. The van der Waals surface area contributed by atoms with E-state index in [0.717, 1.165) is 12.1 Å². The summed E-state index contributed by atoms with van der Waals surface area (Å²) in [6.07, 6.45) is 1.51. The lowest BCUT2D eigenvalue weighted by Gasteiger charge is -2.14. The van der Waals surface area contributed by atoms with E-state index in [2.05, 4.69) is 0 Å². The molecule has 1 aromatic carbocycles. The zero-order valence-corrected chi connectivity index (χ0v) is 11.6. The van der Waals surface area contributed by atoms with Crippen LogP contribution in [0.2, 0.25) is 0 Å². The Bertz CT molecular complexity index is 1080. The number of fused-ring (bicyclic) bond motifs is 4. The number of halogens is 1. The van der Waals surface area contributed by atoms with Crippen LogP contribution in [0.15, 0.2) is 41.3 Å². The molecule has 7 heteroatoms. The summed E-state index contributed by atoms with van der Waals surface area (Å²) < 4.78 is 16.2. The monoisotopic (exact) mass is 312 g/mol. The summed E-state index contributed by atoms with van der Waals surface area (Å²) in [6, 6.07) is 6.81. The fourth-order valence-electron chi connectivity index (χ4n) is 3.06. The van der Waals surface area contributed by atoms with Gasteiger partial charge in [0.05, 0.1) is 16.9 Å². The van der Waals surface area contributed by atoms with E-state index in [1.54, 1.807) is 12.1 Å². The predicted octanol–water partition coefficient (Wildman–Crippen LogP) is 1.70. The van der Waals surface area contributed by atoms with Crippen molar-refractivity contribution >= 4 is 22.8 Å². The molecule has 1 aliphatic heterocycles. The van der Waals surface area contributed by atoms with Crippen LogP contribution in [0.4, 0.5) is 4.39 Å². The van der Waals surface area contributed by atoms with Gasteiger partial charge in [-0.3, -0.25) is 19.0 Å². The van der Waals surface area contributed by atoms with Crippen molar-refractivity contribution in [1.29, 1.82) is 0 Å². The molecule has 0 aliphatic carbocycles. The second-order valence-electron chi connectivity index (χ2n) is 5.26. The minimum Gasteiger partial charge on any atom is -0.480 e. The first-order chi connectivity index (χ1) is 11.0. The summed E-state index contributed by atoms with van der Waals surface area (Å²) in [5.74, 6) is -2.28. The van der Waals surface area contributed by atoms with E-state index >= 15 is 0 Å². The van der Waals surface area contributed by atoms with E-state index < -0.39 is 29.7 Å². The Morgan fingerprint density at radius 2 is 2.00 bits per heavy atom. The van der Waals surface area contributed by atoms with E-state index in [4.69, 9.17) is 0 Å². The molecule has 1 aliphatic rings. The Kier molecular flexibility index (Phi) is 2.57. The molecule has 1 N–H and O–H groups in total. The highest BCUT2D eigenvalue weighted by Crippen LogP contribution is 2.33. The van der Waals surface area contributed by atoms with Gasteiger partial charge in [-0.05, 0) is 30.3 Å². The lowest BCUT2D eigenvalue weighted by atomic mass is 10.1. The topological polar surface area (TPSA) is 81.3 Å². The number of nitrogens with zero attached hydrogens (tertiary/aromatic N) is 2. The second kappa shape index (κ2) is 4.39. The minimum atomic E-state index is -1.13. The molecule has 114 valence electrons. The standard InChI is InChI=1S/C16H9FN2O4/c17-8-3-4-10-9(6-8)15(22)13-14(19(10)7-12(20)21)11-2-1-5-18(11)16(13)23/h1-6H,7H2,(H,20,21). The molecule has 0 amide bonds. The highest BCUT2D eigenvalue weighted by Gasteiger charge is 2.33. The average Bonchev–Trinajstić information content (AvgIpc) is 3.06. The summed E-state index contributed by atoms with van der Waals surface area (Å²) >= 11 is 0. The summed E-state index contributed by atoms with van der Waals surface area (Å²) in [7, 11) is 0. The summed E-state index contributed by atoms with van der Waals surface area (Å²) in [6.45, 7) is -0.441. The molecule has 0 saturated carbocycles. The van der Waals surface area contributed by atoms with Crippen LogP contribution in [0, 0.1) is 5.82 Å². The molecule has 6 nitrogen and oxygen atoms in total. The number of carboxylic acids is 1. The third-order valence-corrected chi connectivity index (χ3v) is 3.95. The fraction of sp³-hybridized carbons (Fsp3) is 0.0625. The van der Waals surface area contributed by atoms with Gasteiger partial charge in [0, 0.05) is 11.6 Å². The number of carbonyl (C=O) groups excluding carboxylic acids is 1. The molecule has 0 spiro atoms. The number of pyridine rings is 1. The third kappa shape index (κ3) is 1.70. The summed E-state index contributed by atoms with van der Waals surface area (Å²) in [5.41, 5.74) is 0.269. The van der Waals surface area contributed by atoms with Gasteiger partial charge in [0.25, 0.3) is 5.91 Å². The smallest absolute Gasteiger partial charge is 0.323 e. The maximum Gasteiger partial charge on any atom is 0.323 e. The van der Waals surface area contributed by atoms with Crippen LogP contribution < -0.4 is 5.43 Å². The van der Waals surface area contributed by atoms with Crippen molar-refractivity contribution in [2.75, 3.05) is 0 Å². The van der Waals surface area contributed by atoms with Crippen molar-refractivity contribution in [2.45, 2.75) is 6.54 Å². The summed E-state index contributed by atoms with van der Waals surface area (Å²) in [5, 5.41) is 9.17. The number of benzene rings is 1. The number of carbonyl (C=O) groups is 2. The van der Waals surface area contributed by atoms with Crippen LogP contribution in [0.5, 0.6) is 0 Å². The van der Waals surface area contributed by atoms with Crippen molar-refractivity contribution in [3.05, 3.63) is 58.1 Å². The quantitative estimate of drug-likeness (QED) is 0.611. The van der Waals surface area contributed by atoms with Gasteiger partial charge in [-0.2, -0.15) is 0 Å².